The second kappa shape index (κ2) is 7.46. The zero-order valence-electron chi connectivity index (χ0n) is 13.5. The molecule has 8 heteroatoms. The van der Waals surface area contributed by atoms with Gasteiger partial charge >= 0.3 is 6.18 Å². The first-order valence-electron chi connectivity index (χ1n) is 7.58. The first kappa shape index (κ1) is 18.0. The van der Waals surface area contributed by atoms with Gasteiger partial charge in [0, 0.05) is 13.0 Å². The van der Waals surface area contributed by atoms with E-state index in [0.717, 1.165) is 12.1 Å². The molecule has 24 heavy (non-hydrogen) atoms. The van der Waals surface area contributed by atoms with Crippen molar-refractivity contribution in [1.29, 1.82) is 0 Å². The number of carbonyl (C=O) groups excluding carboxylic acids is 1. The van der Waals surface area contributed by atoms with Gasteiger partial charge in [-0.2, -0.15) is 18.3 Å². The zero-order chi connectivity index (χ0) is 17.7. The number of nitrogens with zero attached hydrogens (tertiary/aromatic N) is 3. The largest absolute Gasteiger partial charge is 0.416 e. The van der Waals surface area contributed by atoms with E-state index in [-0.39, 0.29) is 18.4 Å². The van der Waals surface area contributed by atoms with Crippen LogP contribution in [0.4, 0.5) is 13.2 Å². The average Bonchev–Trinajstić information content (AvgIpc) is 2.95. The highest BCUT2D eigenvalue weighted by Gasteiger charge is 2.30. The number of aromatic nitrogens is 3. The fraction of sp³-hybridized carbons (Fsp3) is 0.438. The Morgan fingerprint density at radius 3 is 2.46 bits per heavy atom. The third-order valence-electron chi connectivity index (χ3n) is 3.69. The van der Waals surface area contributed by atoms with Crippen molar-refractivity contribution in [2.24, 2.45) is 13.0 Å². The van der Waals surface area contributed by atoms with Gasteiger partial charge in [-0.1, -0.05) is 19.1 Å². The number of aryl methyl sites for hydroxylation is 1. The van der Waals surface area contributed by atoms with Crippen LogP contribution in [0.2, 0.25) is 0 Å². The second-order valence-electron chi connectivity index (χ2n) is 5.56. The molecule has 2 rings (SSSR count). The maximum Gasteiger partial charge on any atom is 0.416 e. The van der Waals surface area contributed by atoms with Gasteiger partial charge in [-0.25, -0.2) is 4.98 Å². The van der Waals surface area contributed by atoms with Crippen molar-refractivity contribution in [3.05, 3.63) is 47.5 Å². The van der Waals surface area contributed by atoms with Crippen molar-refractivity contribution in [2.75, 3.05) is 0 Å². The van der Waals surface area contributed by atoms with Crippen molar-refractivity contribution in [3.8, 4) is 0 Å². The molecule has 0 bridgehead atoms. The van der Waals surface area contributed by atoms with Crippen LogP contribution in [0.1, 0.15) is 30.3 Å². The fourth-order valence-corrected chi connectivity index (χ4v) is 2.31. The Morgan fingerprint density at radius 1 is 1.29 bits per heavy atom. The van der Waals surface area contributed by atoms with E-state index in [1.807, 2.05) is 6.92 Å². The van der Waals surface area contributed by atoms with E-state index in [4.69, 9.17) is 0 Å². The van der Waals surface area contributed by atoms with Crippen molar-refractivity contribution < 1.29 is 18.0 Å². The molecule has 1 aromatic heterocycles. The molecule has 1 heterocycles. The molecule has 0 spiro atoms. The number of carbonyl (C=O) groups is 1. The standard InChI is InChI=1S/C16H19F3N4O/c1-3-12(15(24)20-9-14-21-10-23(2)22-14)8-11-4-6-13(7-5-11)16(17,18)19/h4-7,10,12H,3,8-9H2,1-2H3,(H,20,24)/t12-/m1/s1. The molecule has 0 saturated carbocycles. The molecule has 5 nitrogen and oxygen atoms in total. The molecule has 0 unspecified atom stereocenters. The van der Waals surface area contributed by atoms with E-state index in [9.17, 15) is 18.0 Å². The Hall–Kier alpha value is -2.38. The predicted molar refractivity (Wildman–Crippen MR) is 81.8 cm³/mol. The van der Waals surface area contributed by atoms with Crippen LogP contribution in [-0.4, -0.2) is 20.7 Å². The molecular formula is C16H19F3N4O. The molecule has 0 aliphatic carbocycles. The highest BCUT2D eigenvalue weighted by atomic mass is 19.4. The van der Waals surface area contributed by atoms with Crippen LogP contribution >= 0.6 is 0 Å². The minimum Gasteiger partial charge on any atom is -0.348 e. The summed E-state index contributed by atoms with van der Waals surface area (Å²) < 4.78 is 39.2. The van der Waals surface area contributed by atoms with Crippen molar-refractivity contribution in [3.63, 3.8) is 0 Å². The van der Waals surface area contributed by atoms with Crippen LogP contribution in [0.25, 0.3) is 0 Å². The molecule has 1 atom stereocenters. The first-order chi connectivity index (χ1) is 11.3. The highest BCUT2D eigenvalue weighted by molar-refractivity contribution is 5.78. The minimum atomic E-state index is -4.35. The third kappa shape index (κ3) is 4.81. The summed E-state index contributed by atoms with van der Waals surface area (Å²) in [6.45, 7) is 2.09. The van der Waals surface area contributed by atoms with Crippen LogP contribution in [0.5, 0.6) is 0 Å². The number of halogens is 3. The Morgan fingerprint density at radius 2 is 1.96 bits per heavy atom. The smallest absolute Gasteiger partial charge is 0.348 e. The maximum atomic E-state index is 12.6. The number of amides is 1. The molecule has 0 saturated heterocycles. The lowest BCUT2D eigenvalue weighted by Gasteiger charge is -2.15. The van der Waals surface area contributed by atoms with Gasteiger partial charge in [-0.3, -0.25) is 9.48 Å². The molecule has 2 aromatic rings. The summed E-state index contributed by atoms with van der Waals surface area (Å²) >= 11 is 0. The Kier molecular flexibility index (Phi) is 5.58. The molecule has 130 valence electrons. The third-order valence-corrected chi connectivity index (χ3v) is 3.69. The van der Waals surface area contributed by atoms with Crippen LogP contribution < -0.4 is 5.32 Å². The molecule has 1 N–H and O–H groups in total. The molecular weight excluding hydrogens is 321 g/mol. The Balaban J connectivity index is 1.94. The summed E-state index contributed by atoms with van der Waals surface area (Å²) in [6, 6.07) is 4.91. The van der Waals surface area contributed by atoms with Crippen LogP contribution in [0.3, 0.4) is 0 Å². The van der Waals surface area contributed by atoms with E-state index in [1.165, 1.54) is 12.1 Å². The molecule has 0 fully saturated rings. The predicted octanol–water partition coefficient (Wildman–Crippen LogP) is 2.72. The Bertz CT molecular complexity index is 679. The van der Waals surface area contributed by atoms with E-state index in [2.05, 4.69) is 15.4 Å². The summed E-state index contributed by atoms with van der Waals surface area (Å²) in [4.78, 5) is 16.3. The summed E-state index contributed by atoms with van der Waals surface area (Å²) in [5.41, 5.74) is 0.00550. The molecule has 0 radical (unpaired) electrons. The van der Waals surface area contributed by atoms with Gasteiger partial charge in [-0.05, 0) is 30.5 Å². The van der Waals surface area contributed by atoms with Gasteiger partial charge in [0.25, 0.3) is 0 Å². The number of nitrogens with one attached hydrogen (secondary N) is 1. The maximum absolute atomic E-state index is 12.6. The lowest BCUT2D eigenvalue weighted by atomic mass is 9.95. The van der Waals surface area contributed by atoms with E-state index < -0.39 is 11.7 Å². The zero-order valence-corrected chi connectivity index (χ0v) is 13.5. The molecule has 0 aliphatic rings. The molecule has 0 aliphatic heterocycles. The fourth-order valence-electron chi connectivity index (χ4n) is 2.31. The normalized spacial score (nSPS) is 12.9. The van der Waals surface area contributed by atoms with Gasteiger partial charge in [0.2, 0.25) is 5.91 Å². The van der Waals surface area contributed by atoms with Gasteiger partial charge in [0.1, 0.15) is 6.33 Å². The Labute approximate surface area is 137 Å². The van der Waals surface area contributed by atoms with Gasteiger partial charge in [-0.15, -0.1) is 0 Å². The van der Waals surface area contributed by atoms with Crippen LogP contribution in [0.15, 0.2) is 30.6 Å². The van der Waals surface area contributed by atoms with E-state index in [1.54, 1.807) is 18.1 Å². The topological polar surface area (TPSA) is 59.8 Å². The van der Waals surface area contributed by atoms with E-state index in [0.29, 0.717) is 24.2 Å². The number of alkyl halides is 3. The monoisotopic (exact) mass is 340 g/mol. The number of rotatable bonds is 6. The van der Waals surface area contributed by atoms with Crippen LogP contribution in [-0.2, 0) is 31.0 Å². The summed E-state index contributed by atoms with van der Waals surface area (Å²) in [5.74, 6) is 0.0329. The lowest BCUT2D eigenvalue weighted by Crippen LogP contribution is -2.31. The van der Waals surface area contributed by atoms with Crippen molar-refractivity contribution >= 4 is 5.91 Å². The quantitative estimate of drug-likeness (QED) is 0.880. The van der Waals surface area contributed by atoms with Crippen molar-refractivity contribution in [1.82, 2.24) is 20.1 Å². The highest BCUT2D eigenvalue weighted by Crippen LogP contribution is 2.29. The lowest BCUT2D eigenvalue weighted by molar-refractivity contribution is -0.137. The second-order valence-corrected chi connectivity index (χ2v) is 5.56. The van der Waals surface area contributed by atoms with E-state index >= 15 is 0 Å². The molecule has 1 amide bonds. The summed E-state index contributed by atoms with van der Waals surface area (Å²) in [5, 5.41) is 6.83. The summed E-state index contributed by atoms with van der Waals surface area (Å²) in [6.07, 6.45) is -1.84. The first-order valence-corrected chi connectivity index (χ1v) is 7.58. The minimum absolute atomic E-state index is 0.162. The van der Waals surface area contributed by atoms with Gasteiger partial charge in [0.05, 0.1) is 12.1 Å². The average molecular weight is 340 g/mol. The summed E-state index contributed by atoms with van der Waals surface area (Å²) in [7, 11) is 1.73. The van der Waals surface area contributed by atoms with Gasteiger partial charge < -0.3 is 5.32 Å². The van der Waals surface area contributed by atoms with Crippen LogP contribution in [0, 0.1) is 5.92 Å². The SMILES string of the molecule is CC[C@H](Cc1ccc(C(F)(F)F)cc1)C(=O)NCc1ncn(C)n1. The number of hydrogen-bond donors (Lipinski definition) is 1. The van der Waals surface area contributed by atoms with Gasteiger partial charge in [0.15, 0.2) is 5.82 Å². The molecule has 1 aromatic carbocycles. The number of benzene rings is 1. The van der Waals surface area contributed by atoms with Crippen molar-refractivity contribution in [2.45, 2.75) is 32.5 Å². The number of hydrogen-bond acceptors (Lipinski definition) is 3.